The first-order valence-electron chi connectivity index (χ1n) is 10.4. The van der Waals surface area contributed by atoms with Crippen LogP contribution < -0.4 is 15.5 Å². The normalized spacial score (nSPS) is 14.2. The molecule has 0 aliphatic carbocycles. The summed E-state index contributed by atoms with van der Waals surface area (Å²) in [4.78, 5) is 9.04. The summed E-state index contributed by atoms with van der Waals surface area (Å²) in [6, 6.07) is 20.2. The first-order valence-corrected chi connectivity index (χ1v) is 10.8. The van der Waals surface area contributed by atoms with Crippen molar-refractivity contribution in [3.8, 4) is 0 Å². The topological polar surface area (TPSA) is 71.2 Å². The van der Waals surface area contributed by atoms with E-state index in [-0.39, 0.29) is 0 Å². The molecule has 3 heterocycles. The fourth-order valence-electron chi connectivity index (χ4n) is 4.08. The van der Waals surface area contributed by atoms with Gasteiger partial charge in [0.15, 0.2) is 5.82 Å². The van der Waals surface area contributed by atoms with Crippen LogP contribution in [-0.4, -0.2) is 41.4 Å². The first kappa shape index (κ1) is 19.6. The summed E-state index contributed by atoms with van der Waals surface area (Å²) in [6.07, 6.45) is 2.41. The minimum Gasteiger partial charge on any atom is -0.397 e. The van der Waals surface area contributed by atoms with Crippen LogP contribution in [-0.2, 0) is 6.42 Å². The minimum absolute atomic E-state index is 0.682. The van der Waals surface area contributed by atoms with Gasteiger partial charge in [0, 0.05) is 48.4 Å². The van der Waals surface area contributed by atoms with Crippen LogP contribution in [0.15, 0.2) is 66.9 Å². The zero-order valence-electron chi connectivity index (χ0n) is 17.1. The highest BCUT2D eigenvalue weighted by atomic mass is 35.5. The van der Waals surface area contributed by atoms with Crippen molar-refractivity contribution in [1.82, 2.24) is 15.2 Å². The molecule has 0 spiro atoms. The lowest BCUT2D eigenvalue weighted by molar-refractivity contribution is 0.639. The monoisotopic (exact) mass is 430 g/mol. The van der Waals surface area contributed by atoms with Crippen molar-refractivity contribution in [2.75, 3.05) is 41.7 Å². The Morgan fingerprint density at radius 3 is 2.35 bits per heavy atom. The molecule has 0 atom stereocenters. The SMILES string of the molecule is Nc1ccc(N2CCN(c3nnc(Cc4cccc(Cl)c4)c4ccccc34)CC2)nc1. The minimum atomic E-state index is 0.682. The average Bonchev–Trinajstić information content (AvgIpc) is 2.80. The summed E-state index contributed by atoms with van der Waals surface area (Å²) in [5.74, 6) is 1.90. The molecule has 1 fully saturated rings. The Labute approximate surface area is 186 Å². The van der Waals surface area contributed by atoms with E-state index in [1.165, 1.54) is 0 Å². The molecule has 0 amide bonds. The smallest absolute Gasteiger partial charge is 0.159 e. The third kappa shape index (κ3) is 4.11. The number of fused-ring (bicyclic) bond motifs is 1. The average molecular weight is 431 g/mol. The molecule has 31 heavy (non-hydrogen) atoms. The standard InChI is InChI=1S/C24H23ClN6/c25-18-5-3-4-17(14-18)15-22-20-6-1-2-7-21(20)24(29-28-22)31-12-10-30(11-13-31)23-9-8-19(26)16-27-23/h1-9,14,16H,10-13,15,26H2. The number of benzene rings is 2. The van der Waals surface area contributed by atoms with Crippen molar-refractivity contribution in [3.63, 3.8) is 0 Å². The van der Waals surface area contributed by atoms with Crippen molar-refractivity contribution in [3.05, 3.63) is 83.1 Å². The Balaban J connectivity index is 1.39. The van der Waals surface area contributed by atoms with Gasteiger partial charge in [0.25, 0.3) is 0 Å². The summed E-state index contributed by atoms with van der Waals surface area (Å²) in [7, 11) is 0. The quantitative estimate of drug-likeness (QED) is 0.523. The summed E-state index contributed by atoms with van der Waals surface area (Å²) in [6.45, 7) is 3.46. The highest BCUT2D eigenvalue weighted by Gasteiger charge is 2.22. The predicted octanol–water partition coefficient (Wildman–Crippen LogP) is 4.18. The van der Waals surface area contributed by atoms with Crippen molar-refractivity contribution in [2.24, 2.45) is 0 Å². The molecule has 5 rings (SSSR count). The molecular weight excluding hydrogens is 408 g/mol. The molecule has 0 radical (unpaired) electrons. The molecule has 4 aromatic rings. The Bertz CT molecular complexity index is 1200. The highest BCUT2D eigenvalue weighted by molar-refractivity contribution is 6.30. The van der Waals surface area contributed by atoms with Gasteiger partial charge in [0.05, 0.1) is 17.6 Å². The number of aromatic nitrogens is 3. The van der Waals surface area contributed by atoms with Crippen molar-refractivity contribution in [2.45, 2.75) is 6.42 Å². The first-order chi connectivity index (χ1) is 15.2. The molecule has 2 aromatic carbocycles. The molecular formula is C24H23ClN6. The Kier molecular flexibility index (Phi) is 5.30. The molecule has 1 saturated heterocycles. The highest BCUT2D eigenvalue weighted by Crippen LogP contribution is 2.28. The van der Waals surface area contributed by atoms with Gasteiger partial charge >= 0.3 is 0 Å². The second-order valence-electron chi connectivity index (χ2n) is 7.75. The number of piperazine rings is 1. The maximum Gasteiger partial charge on any atom is 0.159 e. The van der Waals surface area contributed by atoms with E-state index in [2.05, 4.69) is 55.3 Å². The van der Waals surface area contributed by atoms with Gasteiger partial charge in [-0.05, 0) is 29.8 Å². The van der Waals surface area contributed by atoms with E-state index < -0.39 is 0 Å². The number of nitrogens with zero attached hydrogens (tertiary/aromatic N) is 5. The van der Waals surface area contributed by atoms with E-state index in [1.54, 1.807) is 6.20 Å². The van der Waals surface area contributed by atoms with Gasteiger partial charge in [0.1, 0.15) is 5.82 Å². The summed E-state index contributed by atoms with van der Waals surface area (Å²) >= 11 is 6.16. The fraction of sp³-hybridized carbons (Fsp3) is 0.208. The molecule has 0 saturated carbocycles. The largest absolute Gasteiger partial charge is 0.397 e. The lowest BCUT2D eigenvalue weighted by atomic mass is 10.0. The number of halogens is 1. The number of pyridine rings is 1. The summed E-state index contributed by atoms with van der Waals surface area (Å²) < 4.78 is 0. The van der Waals surface area contributed by atoms with Crippen LogP contribution in [0.4, 0.5) is 17.3 Å². The predicted molar refractivity (Wildman–Crippen MR) is 127 cm³/mol. The number of hydrogen-bond donors (Lipinski definition) is 1. The van der Waals surface area contributed by atoms with E-state index in [9.17, 15) is 0 Å². The molecule has 1 aliphatic heterocycles. The maximum absolute atomic E-state index is 6.16. The number of rotatable bonds is 4. The maximum atomic E-state index is 6.16. The summed E-state index contributed by atoms with van der Waals surface area (Å²) in [5, 5.41) is 12.3. The third-order valence-corrected chi connectivity index (χ3v) is 5.91. The Morgan fingerprint density at radius 1 is 0.839 bits per heavy atom. The summed E-state index contributed by atoms with van der Waals surface area (Å²) in [5.41, 5.74) is 8.54. The zero-order chi connectivity index (χ0) is 21.2. The van der Waals surface area contributed by atoms with Crippen LogP contribution in [0, 0.1) is 0 Å². The molecule has 7 heteroatoms. The van der Waals surface area contributed by atoms with E-state index in [0.717, 1.165) is 64.9 Å². The molecule has 0 unspecified atom stereocenters. The molecule has 156 valence electrons. The van der Waals surface area contributed by atoms with E-state index in [0.29, 0.717) is 12.1 Å². The molecule has 1 aliphatic rings. The number of anilines is 3. The van der Waals surface area contributed by atoms with Crippen LogP contribution in [0.25, 0.3) is 10.8 Å². The second-order valence-corrected chi connectivity index (χ2v) is 8.18. The second kappa shape index (κ2) is 8.40. The molecule has 2 N–H and O–H groups in total. The molecule has 6 nitrogen and oxygen atoms in total. The van der Waals surface area contributed by atoms with Gasteiger partial charge < -0.3 is 15.5 Å². The van der Waals surface area contributed by atoms with Crippen LogP contribution in [0.5, 0.6) is 0 Å². The lowest BCUT2D eigenvalue weighted by Gasteiger charge is -2.36. The van der Waals surface area contributed by atoms with Crippen LogP contribution >= 0.6 is 11.6 Å². The fourth-order valence-corrected chi connectivity index (χ4v) is 4.29. The van der Waals surface area contributed by atoms with Crippen LogP contribution in [0.2, 0.25) is 5.02 Å². The van der Waals surface area contributed by atoms with Crippen LogP contribution in [0.3, 0.4) is 0 Å². The van der Waals surface area contributed by atoms with E-state index in [1.807, 2.05) is 30.3 Å². The van der Waals surface area contributed by atoms with E-state index in [4.69, 9.17) is 17.3 Å². The van der Waals surface area contributed by atoms with Gasteiger partial charge in [-0.15, -0.1) is 5.10 Å². The lowest BCUT2D eigenvalue weighted by Crippen LogP contribution is -2.47. The molecule has 2 aromatic heterocycles. The Hall–Kier alpha value is -3.38. The van der Waals surface area contributed by atoms with Crippen molar-refractivity contribution < 1.29 is 0 Å². The number of nitrogens with two attached hydrogens (primary N) is 1. The van der Waals surface area contributed by atoms with Gasteiger partial charge in [-0.3, -0.25) is 0 Å². The van der Waals surface area contributed by atoms with E-state index >= 15 is 0 Å². The third-order valence-electron chi connectivity index (χ3n) is 5.68. The van der Waals surface area contributed by atoms with Crippen molar-refractivity contribution in [1.29, 1.82) is 0 Å². The van der Waals surface area contributed by atoms with Crippen molar-refractivity contribution >= 4 is 39.7 Å². The van der Waals surface area contributed by atoms with Gasteiger partial charge in [-0.2, -0.15) is 5.10 Å². The zero-order valence-corrected chi connectivity index (χ0v) is 17.8. The number of nitrogen functional groups attached to an aromatic ring is 1. The number of hydrogen-bond acceptors (Lipinski definition) is 6. The van der Waals surface area contributed by atoms with Gasteiger partial charge in [-0.25, -0.2) is 4.98 Å². The van der Waals surface area contributed by atoms with Gasteiger partial charge in [0.2, 0.25) is 0 Å². The van der Waals surface area contributed by atoms with Gasteiger partial charge in [-0.1, -0.05) is 48.0 Å². The Morgan fingerprint density at radius 2 is 1.61 bits per heavy atom. The van der Waals surface area contributed by atoms with Crippen LogP contribution in [0.1, 0.15) is 11.3 Å². The molecule has 0 bridgehead atoms.